The Morgan fingerprint density at radius 1 is 1.03 bits per heavy atom. The second-order valence-corrected chi connectivity index (χ2v) is 9.39. The van der Waals surface area contributed by atoms with E-state index in [0.29, 0.717) is 32.2 Å². The largest absolute Gasteiger partial charge is 0.319 e. The monoisotopic (exact) mass is 478 g/mol. The van der Waals surface area contributed by atoms with Crippen molar-refractivity contribution in [3.63, 3.8) is 0 Å². The van der Waals surface area contributed by atoms with Crippen molar-refractivity contribution in [2.75, 3.05) is 5.32 Å². The summed E-state index contributed by atoms with van der Waals surface area (Å²) in [5, 5.41) is 4.06. The molecule has 2 aromatic heterocycles. The van der Waals surface area contributed by atoms with Gasteiger partial charge < -0.3 is 5.32 Å². The number of thioether (sulfide) groups is 1. The van der Waals surface area contributed by atoms with Crippen molar-refractivity contribution >= 4 is 46.7 Å². The number of benzene rings is 2. The van der Waals surface area contributed by atoms with Gasteiger partial charge in [-0.05, 0) is 48.9 Å². The topological polar surface area (TPSA) is 67.8 Å². The highest BCUT2D eigenvalue weighted by Gasteiger charge is 2.17. The fraction of sp³-hybridized carbons (Fsp3) is 0.0833. The normalized spacial score (nSPS) is 10.7. The van der Waals surface area contributed by atoms with Crippen LogP contribution >= 0.6 is 35.1 Å². The number of aromatic nitrogens is 3. The quantitative estimate of drug-likeness (QED) is 0.240. The highest BCUT2D eigenvalue weighted by atomic mass is 35.5. The first-order valence-electron chi connectivity index (χ1n) is 9.77. The number of amides is 1. The van der Waals surface area contributed by atoms with Gasteiger partial charge in [0.25, 0.3) is 5.91 Å². The number of nitrogens with zero attached hydrogens (tertiary/aromatic N) is 3. The molecule has 0 radical (unpaired) electrons. The lowest BCUT2D eigenvalue weighted by Crippen LogP contribution is -2.16. The Hall–Kier alpha value is -2.87. The molecular weight excluding hydrogens is 460 g/mol. The number of hydrogen-bond donors (Lipinski definition) is 1. The van der Waals surface area contributed by atoms with Gasteiger partial charge >= 0.3 is 0 Å². The van der Waals surface area contributed by atoms with Crippen LogP contribution < -0.4 is 5.32 Å². The van der Waals surface area contributed by atoms with Crippen molar-refractivity contribution in [3.8, 4) is 0 Å². The number of pyridine rings is 1. The fourth-order valence-corrected chi connectivity index (χ4v) is 4.51. The average Bonchev–Trinajstić information content (AvgIpc) is 2.81. The molecule has 0 aliphatic heterocycles. The summed E-state index contributed by atoms with van der Waals surface area (Å²) < 4.78 is 0. The van der Waals surface area contributed by atoms with Crippen LogP contribution in [0.2, 0.25) is 5.02 Å². The van der Waals surface area contributed by atoms with Crippen LogP contribution in [-0.4, -0.2) is 20.9 Å². The molecule has 2 heterocycles. The van der Waals surface area contributed by atoms with Crippen LogP contribution in [0.1, 0.15) is 21.6 Å². The van der Waals surface area contributed by atoms with Crippen molar-refractivity contribution < 1.29 is 4.79 Å². The first kappa shape index (κ1) is 22.3. The summed E-state index contributed by atoms with van der Waals surface area (Å²) in [4.78, 5) is 27.8. The Bertz CT molecular complexity index is 1200. The molecule has 1 amide bonds. The van der Waals surface area contributed by atoms with Crippen LogP contribution in [0, 0.1) is 6.92 Å². The first-order valence-corrected chi connectivity index (χ1v) is 11.9. The second-order valence-electron chi connectivity index (χ2n) is 6.89. The molecule has 2 aromatic carbocycles. The predicted octanol–water partition coefficient (Wildman–Crippen LogP) is 6.53. The lowest BCUT2D eigenvalue weighted by molar-refractivity contribution is 0.101. The molecule has 160 valence electrons. The van der Waals surface area contributed by atoms with Gasteiger partial charge in [0.05, 0.1) is 16.8 Å². The average molecular weight is 479 g/mol. The molecule has 0 aliphatic carbocycles. The maximum atomic E-state index is 13.1. The molecule has 5 nitrogen and oxygen atoms in total. The Labute approximate surface area is 200 Å². The molecule has 0 unspecified atom stereocenters. The van der Waals surface area contributed by atoms with E-state index in [-0.39, 0.29) is 5.91 Å². The second kappa shape index (κ2) is 10.6. The van der Waals surface area contributed by atoms with E-state index in [9.17, 15) is 4.79 Å². The van der Waals surface area contributed by atoms with Crippen molar-refractivity contribution in [1.29, 1.82) is 0 Å². The minimum absolute atomic E-state index is 0.311. The molecule has 0 atom stereocenters. The third kappa shape index (κ3) is 6.09. The van der Waals surface area contributed by atoms with Gasteiger partial charge in [0.15, 0.2) is 5.16 Å². The minimum Gasteiger partial charge on any atom is -0.319 e. The van der Waals surface area contributed by atoms with Crippen molar-refractivity contribution in [2.24, 2.45) is 0 Å². The lowest BCUT2D eigenvalue weighted by atomic mass is 10.2. The number of hydrogen-bond acceptors (Lipinski definition) is 6. The van der Waals surface area contributed by atoms with E-state index < -0.39 is 0 Å². The molecule has 1 N–H and O–H groups in total. The van der Waals surface area contributed by atoms with Gasteiger partial charge in [-0.2, -0.15) is 0 Å². The maximum absolute atomic E-state index is 13.1. The zero-order valence-corrected chi connectivity index (χ0v) is 19.5. The molecule has 0 spiro atoms. The van der Waals surface area contributed by atoms with Gasteiger partial charge in [-0.3, -0.25) is 9.78 Å². The van der Waals surface area contributed by atoms with E-state index in [1.165, 1.54) is 34.7 Å². The fourth-order valence-electron chi connectivity index (χ4n) is 2.75. The van der Waals surface area contributed by atoms with Gasteiger partial charge in [0, 0.05) is 28.1 Å². The number of nitrogens with one attached hydrogen (secondary N) is 1. The number of carbonyl (C=O) groups is 1. The number of rotatable bonds is 7. The highest BCUT2D eigenvalue weighted by molar-refractivity contribution is 7.99. The van der Waals surface area contributed by atoms with Crippen molar-refractivity contribution in [1.82, 2.24) is 15.0 Å². The van der Waals surface area contributed by atoms with Gasteiger partial charge in [0.1, 0.15) is 5.69 Å². The van der Waals surface area contributed by atoms with E-state index in [0.717, 1.165) is 4.90 Å². The smallest absolute Gasteiger partial charge is 0.275 e. The molecule has 0 saturated heterocycles. The van der Waals surface area contributed by atoms with Crippen molar-refractivity contribution in [2.45, 2.75) is 27.6 Å². The first-order chi connectivity index (χ1) is 15.6. The summed E-state index contributed by atoms with van der Waals surface area (Å²) in [6.45, 7) is 2.06. The van der Waals surface area contributed by atoms with Gasteiger partial charge in [-0.1, -0.05) is 65.0 Å². The lowest BCUT2D eigenvalue weighted by Gasteiger charge is -2.10. The minimum atomic E-state index is -0.311. The van der Waals surface area contributed by atoms with Crippen LogP contribution in [0.15, 0.2) is 94.2 Å². The molecule has 32 heavy (non-hydrogen) atoms. The van der Waals surface area contributed by atoms with E-state index >= 15 is 0 Å². The summed E-state index contributed by atoms with van der Waals surface area (Å²) in [7, 11) is 0. The van der Waals surface area contributed by atoms with Crippen molar-refractivity contribution in [3.05, 3.63) is 101 Å². The molecule has 4 aromatic rings. The van der Waals surface area contributed by atoms with E-state index in [1.807, 2.05) is 24.3 Å². The summed E-state index contributed by atoms with van der Waals surface area (Å²) in [5.74, 6) is 0.405. The van der Waals surface area contributed by atoms with Crippen LogP contribution in [0.5, 0.6) is 0 Å². The SMILES string of the molecule is Cc1ccc(CSc2ncc(Sc3ccc(Cl)cc3)c(C(=O)Nc3cccnc3)n2)cc1. The number of aryl methyl sites for hydroxylation is 1. The summed E-state index contributed by atoms with van der Waals surface area (Å²) in [5.41, 5.74) is 3.31. The van der Waals surface area contributed by atoms with E-state index in [2.05, 4.69) is 51.5 Å². The standard InChI is InChI=1S/C24H19ClN4OS2/c1-16-4-6-17(7-5-16)15-31-24-27-14-21(32-20-10-8-18(25)9-11-20)22(29-24)23(30)28-19-3-2-12-26-13-19/h2-14H,15H2,1H3,(H,28,30). The Balaban J connectivity index is 1.58. The van der Waals surface area contributed by atoms with Crippen LogP contribution in [0.25, 0.3) is 0 Å². The maximum Gasteiger partial charge on any atom is 0.275 e. The molecule has 0 bridgehead atoms. The zero-order valence-electron chi connectivity index (χ0n) is 17.2. The van der Waals surface area contributed by atoms with Gasteiger partial charge in [0.2, 0.25) is 0 Å². The molecular formula is C24H19ClN4OS2. The molecule has 0 aliphatic rings. The van der Waals surface area contributed by atoms with E-state index in [1.54, 1.807) is 30.7 Å². The number of anilines is 1. The number of carbonyl (C=O) groups excluding carboxylic acids is 1. The van der Waals surface area contributed by atoms with E-state index in [4.69, 9.17) is 11.6 Å². The summed E-state index contributed by atoms with van der Waals surface area (Å²) in [6.07, 6.45) is 4.95. The summed E-state index contributed by atoms with van der Waals surface area (Å²) >= 11 is 8.90. The zero-order chi connectivity index (χ0) is 22.3. The Morgan fingerprint density at radius 2 is 1.81 bits per heavy atom. The molecule has 0 fully saturated rings. The Kier molecular flexibility index (Phi) is 7.42. The molecule has 8 heteroatoms. The molecule has 0 saturated carbocycles. The van der Waals surface area contributed by atoms with Crippen LogP contribution in [0.3, 0.4) is 0 Å². The third-order valence-corrected chi connectivity index (χ3v) is 6.61. The predicted molar refractivity (Wildman–Crippen MR) is 131 cm³/mol. The summed E-state index contributed by atoms with van der Waals surface area (Å²) in [6, 6.07) is 19.3. The Morgan fingerprint density at radius 3 is 2.53 bits per heavy atom. The highest BCUT2D eigenvalue weighted by Crippen LogP contribution is 2.32. The van der Waals surface area contributed by atoms with Crippen LogP contribution in [0.4, 0.5) is 5.69 Å². The van der Waals surface area contributed by atoms with Gasteiger partial charge in [-0.15, -0.1) is 0 Å². The van der Waals surface area contributed by atoms with Crippen LogP contribution in [-0.2, 0) is 5.75 Å². The number of halogens is 1. The third-order valence-electron chi connectivity index (χ3n) is 4.40. The van der Waals surface area contributed by atoms with Gasteiger partial charge in [-0.25, -0.2) is 9.97 Å². The molecule has 4 rings (SSSR count).